The van der Waals surface area contributed by atoms with Gasteiger partial charge in [0.25, 0.3) is 0 Å². The first-order chi connectivity index (χ1) is 7.06. The lowest BCUT2D eigenvalue weighted by Crippen LogP contribution is -2.36. The number of rotatable bonds is 4. The Hall–Kier alpha value is -1.65. The molecule has 82 valence electrons. The molecule has 0 fully saturated rings. The number of anilines is 1. The summed E-state index contributed by atoms with van der Waals surface area (Å²) in [4.78, 5) is 12.3. The van der Waals surface area contributed by atoms with Crippen LogP contribution in [0.1, 0.15) is 19.5 Å². The fraction of sp³-hybridized carbons (Fsp3) is 0.500. The summed E-state index contributed by atoms with van der Waals surface area (Å²) >= 11 is 0. The molecule has 0 bridgehead atoms. The highest BCUT2D eigenvalue weighted by atomic mass is 16.4. The first kappa shape index (κ1) is 11.4. The minimum Gasteiger partial charge on any atom is -0.480 e. The van der Waals surface area contributed by atoms with Gasteiger partial charge in [0.1, 0.15) is 6.04 Å². The van der Waals surface area contributed by atoms with Crippen LogP contribution in [0.2, 0.25) is 0 Å². The number of carbonyl (C=O) groups is 1. The first-order valence-electron chi connectivity index (χ1n) is 4.84. The van der Waals surface area contributed by atoms with Crippen molar-refractivity contribution in [3.05, 3.63) is 17.8 Å². The normalized spacial score (nSPS) is 12.2. The monoisotopic (exact) mass is 209 g/mol. The van der Waals surface area contributed by atoms with E-state index >= 15 is 0 Å². The average molecular weight is 209 g/mol. The summed E-state index contributed by atoms with van der Waals surface area (Å²) in [7, 11) is 1.69. The molecule has 1 aromatic heterocycles. The summed E-state index contributed by atoms with van der Waals surface area (Å²) in [5, 5.41) is 16.8. The van der Waals surface area contributed by atoms with E-state index in [2.05, 4.69) is 10.2 Å². The average Bonchev–Trinajstić information content (AvgIpc) is 2.27. The molecular formula is C10H15N3O2. The van der Waals surface area contributed by atoms with Crippen molar-refractivity contribution in [1.29, 1.82) is 0 Å². The summed E-state index contributed by atoms with van der Waals surface area (Å²) in [5.74, 6) is -0.305. The lowest BCUT2D eigenvalue weighted by molar-refractivity contribution is -0.138. The van der Waals surface area contributed by atoms with E-state index < -0.39 is 12.0 Å². The summed E-state index contributed by atoms with van der Waals surface area (Å²) < 4.78 is 0. The number of carboxylic acid groups (broad SMARTS) is 1. The molecule has 1 unspecified atom stereocenters. The van der Waals surface area contributed by atoms with Crippen molar-refractivity contribution in [3.8, 4) is 0 Å². The van der Waals surface area contributed by atoms with Gasteiger partial charge in [-0.2, -0.15) is 5.10 Å². The van der Waals surface area contributed by atoms with Gasteiger partial charge in [-0.25, -0.2) is 4.79 Å². The number of aliphatic carboxylic acids is 1. The fourth-order valence-corrected chi connectivity index (χ4v) is 1.09. The zero-order chi connectivity index (χ0) is 11.4. The zero-order valence-corrected chi connectivity index (χ0v) is 9.14. The van der Waals surface area contributed by atoms with Crippen LogP contribution in [-0.2, 0) is 11.2 Å². The van der Waals surface area contributed by atoms with Gasteiger partial charge in [0.05, 0.1) is 5.69 Å². The van der Waals surface area contributed by atoms with E-state index in [-0.39, 0.29) is 0 Å². The molecule has 1 heterocycles. The van der Waals surface area contributed by atoms with Crippen molar-refractivity contribution < 1.29 is 9.90 Å². The Labute approximate surface area is 88.7 Å². The SMILES string of the molecule is CCc1ccc(N(C)C(C)C(=O)O)nn1. The van der Waals surface area contributed by atoms with Gasteiger partial charge < -0.3 is 10.0 Å². The van der Waals surface area contributed by atoms with Crippen LogP contribution < -0.4 is 4.90 Å². The van der Waals surface area contributed by atoms with Crippen molar-refractivity contribution in [3.63, 3.8) is 0 Å². The molecule has 0 aliphatic rings. The molecule has 0 aromatic carbocycles. The summed E-state index contributed by atoms with van der Waals surface area (Å²) in [5.41, 5.74) is 0.898. The smallest absolute Gasteiger partial charge is 0.326 e. The second kappa shape index (κ2) is 4.72. The van der Waals surface area contributed by atoms with E-state index in [1.807, 2.05) is 13.0 Å². The molecule has 0 spiro atoms. The van der Waals surface area contributed by atoms with Crippen LogP contribution in [0.15, 0.2) is 12.1 Å². The van der Waals surface area contributed by atoms with Crippen LogP contribution in [0.5, 0.6) is 0 Å². The second-order valence-electron chi connectivity index (χ2n) is 3.36. The van der Waals surface area contributed by atoms with Crippen LogP contribution >= 0.6 is 0 Å². The number of aromatic nitrogens is 2. The van der Waals surface area contributed by atoms with Crippen molar-refractivity contribution >= 4 is 11.8 Å². The van der Waals surface area contributed by atoms with Crippen molar-refractivity contribution in [2.24, 2.45) is 0 Å². The van der Waals surface area contributed by atoms with Gasteiger partial charge in [0, 0.05) is 7.05 Å². The minimum absolute atomic E-state index is 0.571. The number of aryl methyl sites for hydroxylation is 1. The Morgan fingerprint density at radius 2 is 2.20 bits per heavy atom. The van der Waals surface area contributed by atoms with E-state index in [9.17, 15) is 4.79 Å². The van der Waals surface area contributed by atoms with Crippen LogP contribution in [0.4, 0.5) is 5.82 Å². The van der Waals surface area contributed by atoms with Gasteiger partial charge in [-0.15, -0.1) is 5.10 Å². The molecule has 0 radical (unpaired) electrons. The van der Waals surface area contributed by atoms with E-state index in [0.717, 1.165) is 12.1 Å². The van der Waals surface area contributed by atoms with Crippen LogP contribution in [-0.4, -0.2) is 34.4 Å². The molecule has 0 aliphatic carbocycles. The molecule has 0 aliphatic heterocycles. The zero-order valence-electron chi connectivity index (χ0n) is 9.14. The maximum absolute atomic E-state index is 10.7. The van der Waals surface area contributed by atoms with Crippen molar-refractivity contribution in [2.75, 3.05) is 11.9 Å². The lowest BCUT2D eigenvalue weighted by atomic mass is 10.3. The van der Waals surface area contributed by atoms with E-state index in [1.165, 1.54) is 0 Å². The van der Waals surface area contributed by atoms with Gasteiger partial charge in [-0.05, 0) is 25.5 Å². The Bertz CT molecular complexity index is 337. The third kappa shape index (κ3) is 2.65. The van der Waals surface area contributed by atoms with Gasteiger partial charge >= 0.3 is 5.97 Å². The molecule has 0 saturated carbocycles. The molecule has 0 amide bonds. The molecular weight excluding hydrogens is 194 g/mol. The summed E-state index contributed by atoms with van der Waals surface area (Å²) in [6, 6.07) is 3.03. The highest BCUT2D eigenvalue weighted by molar-refractivity contribution is 5.76. The molecule has 1 atom stereocenters. The van der Waals surface area contributed by atoms with Gasteiger partial charge in [0.15, 0.2) is 5.82 Å². The number of carboxylic acids is 1. The minimum atomic E-state index is -0.876. The molecule has 5 nitrogen and oxygen atoms in total. The maximum atomic E-state index is 10.7. The highest BCUT2D eigenvalue weighted by Gasteiger charge is 2.18. The highest BCUT2D eigenvalue weighted by Crippen LogP contribution is 2.11. The molecule has 1 aromatic rings. The Morgan fingerprint density at radius 3 is 2.60 bits per heavy atom. The summed E-state index contributed by atoms with van der Waals surface area (Å²) in [6.07, 6.45) is 0.825. The number of likely N-dealkylation sites (N-methyl/N-ethyl adjacent to an activating group) is 1. The Balaban J connectivity index is 2.82. The van der Waals surface area contributed by atoms with Gasteiger partial charge in [0.2, 0.25) is 0 Å². The van der Waals surface area contributed by atoms with Crippen molar-refractivity contribution in [2.45, 2.75) is 26.3 Å². The third-order valence-electron chi connectivity index (χ3n) is 2.37. The Morgan fingerprint density at radius 1 is 1.53 bits per heavy atom. The van der Waals surface area contributed by atoms with Gasteiger partial charge in [-0.1, -0.05) is 6.92 Å². The predicted octanol–water partition coefficient (Wildman–Crippen LogP) is 0.948. The quantitative estimate of drug-likeness (QED) is 0.799. The lowest BCUT2D eigenvalue weighted by Gasteiger charge is -2.21. The van der Waals surface area contributed by atoms with Crippen LogP contribution in [0.25, 0.3) is 0 Å². The Kier molecular flexibility index (Phi) is 3.60. The molecule has 0 saturated heterocycles. The second-order valence-corrected chi connectivity index (χ2v) is 3.36. The first-order valence-corrected chi connectivity index (χ1v) is 4.84. The number of hydrogen-bond donors (Lipinski definition) is 1. The topological polar surface area (TPSA) is 66.3 Å². The van der Waals surface area contributed by atoms with E-state index in [0.29, 0.717) is 5.82 Å². The predicted molar refractivity (Wildman–Crippen MR) is 56.9 cm³/mol. The molecule has 15 heavy (non-hydrogen) atoms. The van der Waals surface area contributed by atoms with E-state index in [1.54, 1.807) is 24.9 Å². The van der Waals surface area contributed by atoms with Crippen LogP contribution in [0.3, 0.4) is 0 Å². The maximum Gasteiger partial charge on any atom is 0.326 e. The molecule has 5 heteroatoms. The largest absolute Gasteiger partial charge is 0.480 e. The fourth-order valence-electron chi connectivity index (χ4n) is 1.09. The number of hydrogen-bond acceptors (Lipinski definition) is 4. The van der Waals surface area contributed by atoms with Crippen molar-refractivity contribution in [1.82, 2.24) is 10.2 Å². The molecule has 1 N–H and O–H groups in total. The van der Waals surface area contributed by atoms with Crippen LogP contribution in [0, 0.1) is 0 Å². The molecule has 1 rings (SSSR count). The van der Waals surface area contributed by atoms with E-state index in [4.69, 9.17) is 5.11 Å². The third-order valence-corrected chi connectivity index (χ3v) is 2.37. The summed E-state index contributed by atoms with van der Waals surface area (Å²) in [6.45, 7) is 3.60. The number of nitrogens with zero attached hydrogens (tertiary/aromatic N) is 3. The van der Waals surface area contributed by atoms with Gasteiger partial charge in [-0.3, -0.25) is 0 Å². The standard InChI is InChI=1S/C10H15N3O2/c1-4-8-5-6-9(12-11-8)13(3)7(2)10(14)15/h5-7H,4H2,1-3H3,(H,14,15).